The highest BCUT2D eigenvalue weighted by molar-refractivity contribution is 5.79. The molecule has 0 fully saturated rings. The van der Waals surface area contributed by atoms with E-state index in [2.05, 4.69) is 0 Å². The van der Waals surface area contributed by atoms with E-state index in [-0.39, 0.29) is 0 Å². The van der Waals surface area contributed by atoms with Crippen molar-refractivity contribution in [3.8, 4) is 11.5 Å². The summed E-state index contributed by atoms with van der Waals surface area (Å²) < 4.78 is 10.3. The lowest BCUT2D eigenvalue weighted by Crippen LogP contribution is -2.30. The third-order valence-corrected chi connectivity index (χ3v) is 1.93. The van der Waals surface area contributed by atoms with Crippen molar-refractivity contribution in [2.45, 2.75) is 13.0 Å². The Morgan fingerprint density at radius 2 is 2.13 bits per heavy atom. The van der Waals surface area contributed by atoms with Crippen LogP contribution in [-0.4, -0.2) is 19.1 Å². The average molecular weight is 210 g/mol. The van der Waals surface area contributed by atoms with Gasteiger partial charge in [-0.05, 0) is 19.1 Å². The van der Waals surface area contributed by atoms with Crippen LogP contribution < -0.4 is 20.9 Å². The van der Waals surface area contributed by atoms with Crippen LogP contribution in [0.2, 0.25) is 0 Å². The highest BCUT2D eigenvalue weighted by atomic mass is 16.5. The van der Waals surface area contributed by atoms with Gasteiger partial charge in [-0.1, -0.05) is 0 Å². The Balaban J connectivity index is 2.88. The summed E-state index contributed by atoms with van der Waals surface area (Å²) in [5.41, 5.74) is 11.2. The number of nitrogens with two attached hydrogens (primary N) is 2. The molecule has 1 rings (SSSR count). The Labute approximate surface area is 88.0 Å². The van der Waals surface area contributed by atoms with Gasteiger partial charge in [-0.25, -0.2) is 0 Å². The van der Waals surface area contributed by atoms with Crippen LogP contribution >= 0.6 is 0 Å². The maximum Gasteiger partial charge on any atom is 0.258 e. The molecule has 5 nitrogen and oxygen atoms in total. The van der Waals surface area contributed by atoms with E-state index in [1.807, 2.05) is 0 Å². The van der Waals surface area contributed by atoms with Gasteiger partial charge in [0.25, 0.3) is 5.91 Å². The summed E-state index contributed by atoms with van der Waals surface area (Å²) in [6.07, 6.45) is -0.723. The zero-order valence-electron chi connectivity index (χ0n) is 8.69. The van der Waals surface area contributed by atoms with Crippen molar-refractivity contribution in [1.82, 2.24) is 0 Å². The Kier molecular flexibility index (Phi) is 3.38. The van der Waals surface area contributed by atoms with Crippen LogP contribution in [-0.2, 0) is 4.79 Å². The highest BCUT2D eigenvalue weighted by Gasteiger charge is 2.12. The Hall–Kier alpha value is -1.91. The van der Waals surface area contributed by atoms with Crippen LogP contribution in [0.1, 0.15) is 6.92 Å². The lowest BCUT2D eigenvalue weighted by atomic mass is 10.2. The quantitative estimate of drug-likeness (QED) is 0.709. The second-order valence-electron chi connectivity index (χ2n) is 3.07. The van der Waals surface area contributed by atoms with Gasteiger partial charge < -0.3 is 20.9 Å². The standard InChI is InChI=1S/C10H14N2O3/c1-6(10(12)13)15-9-5-7(14-2)3-4-8(9)11/h3-6H,11H2,1-2H3,(H2,12,13). The van der Waals surface area contributed by atoms with E-state index < -0.39 is 12.0 Å². The lowest BCUT2D eigenvalue weighted by molar-refractivity contribution is -0.123. The molecule has 1 aromatic rings. The first-order chi connectivity index (χ1) is 7.04. The Bertz CT molecular complexity index is 366. The molecule has 0 heterocycles. The van der Waals surface area contributed by atoms with Gasteiger partial charge in [0.2, 0.25) is 0 Å². The molecule has 1 atom stereocenters. The minimum absolute atomic E-state index is 0.389. The molecule has 0 spiro atoms. The third-order valence-electron chi connectivity index (χ3n) is 1.93. The first-order valence-corrected chi connectivity index (χ1v) is 4.44. The predicted octanol–water partition coefficient (Wildman–Crippen LogP) is 0.530. The Morgan fingerprint density at radius 3 is 2.67 bits per heavy atom. The van der Waals surface area contributed by atoms with Crippen molar-refractivity contribution < 1.29 is 14.3 Å². The fraction of sp³-hybridized carbons (Fsp3) is 0.300. The van der Waals surface area contributed by atoms with Gasteiger partial charge >= 0.3 is 0 Å². The van der Waals surface area contributed by atoms with Crippen LogP contribution in [0.4, 0.5) is 5.69 Å². The second kappa shape index (κ2) is 4.54. The number of amides is 1. The largest absolute Gasteiger partial charge is 0.497 e. The zero-order chi connectivity index (χ0) is 11.4. The SMILES string of the molecule is COc1ccc(N)c(OC(C)C(N)=O)c1. The highest BCUT2D eigenvalue weighted by Crippen LogP contribution is 2.27. The molecule has 1 aromatic carbocycles. The van der Waals surface area contributed by atoms with Crippen molar-refractivity contribution in [3.63, 3.8) is 0 Å². The number of anilines is 1. The van der Waals surface area contributed by atoms with E-state index in [1.54, 1.807) is 25.1 Å². The minimum Gasteiger partial charge on any atom is -0.497 e. The summed E-state index contributed by atoms with van der Waals surface area (Å²) in [6.45, 7) is 1.56. The van der Waals surface area contributed by atoms with Gasteiger partial charge in [0.05, 0.1) is 12.8 Å². The summed E-state index contributed by atoms with van der Waals surface area (Å²) in [4.78, 5) is 10.8. The molecule has 0 saturated carbocycles. The molecule has 0 aliphatic heterocycles. The molecule has 1 unspecified atom stereocenters. The van der Waals surface area contributed by atoms with Gasteiger partial charge in [0, 0.05) is 6.07 Å². The van der Waals surface area contributed by atoms with Crippen LogP contribution in [0.3, 0.4) is 0 Å². The topological polar surface area (TPSA) is 87.6 Å². The third kappa shape index (κ3) is 2.77. The molecule has 1 amide bonds. The molecule has 5 heteroatoms. The first-order valence-electron chi connectivity index (χ1n) is 4.44. The number of methoxy groups -OCH3 is 1. The summed E-state index contributed by atoms with van der Waals surface area (Å²) in [6, 6.07) is 4.95. The molecule has 0 radical (unpaired) electrons. The van der Waals surface area contributed by atoms with Gasteiger partial charge in [-0.3, -0.25) is 4.79 Å². The fourth-order valence-corrected chi connectivity index (χ4v) is 0.992. The number of nitrogen functional groups attached to an aromatic ring is 1. The predicted molar refractivity (Wildman–Crippen MR) is 56.7 cm³/mol. The summed E-state index contributed by atoms with van der Waals surface area (Å²) in [7, 11) is 1.53. The number of ether oxygens (including phenoxy) is 2. The van der Waals surface area contributed by atoms with Crippen LogP contribution in [0, 0.1) is 0 Å². The number of hydrogen-bond acceptors (Lipinski definition) is 4. The van der Waals surface area contributed by atoms with E-state index in [0.717, 1.165) is 0 Å². The van der Waals surface area contributed by atoms with Gasteiger partial charge in [0.1, 0.15) is 11.5 Å². The first kappa shape index (κ1) is 11.2. The van der Waals surface area contributed by atoms with Gasteiger partial charge in [-0.2, -0.15) is 0 Å². The van der Waals surface area contributed by atoms with Crippen molar-refractivity contribution >= 4 is 11.6 Å². The molecule has 0 aliphatic rings. The summed E-state index contributed by atoms with van der Waals surface area (Å²) in [5, 5.41) is 0. The summed E-state index contributed by atoms with van der Waals surface area (Å²) in [5.74, 6) is 0.453. The van der Waals surface area contributed by atoms with E-state index in [4.69, 9.17) is 20.9 Å². The minimum atomic E-state index is -0.723. The molecule has 0 aliphatic carbocycles. The zero-order valence-corrected chi connectivity index (χ0v) is 8.69. The van der Waals surface area contributed by atoms with Crippen LogP contribution in [0.15, 0.2) is 18.2 Å². The monoisotopic (exact) mass is 210 g/mol. The number of benzene rings is 1. The van der Waals surface area contributed by atoms with Crippen molar-refractivity contribution in [2.75, 3.05) is 12.8 Å². The molecular weight excluding hydrogens is 196 g/mol. The maximum atomic E-state index is 10.8. The number of carbonyl (C=O) groups excluding carboxylic acids is 1. The maximum absolute atomic E-state index is 10.8. The van der Waals surface area contributed by atoms with E-state index in [1.165, 1.54) is 7.11 Å². The number of hydrogen-bond donors (Lipinski definition) is 2. The Morgan fingerprint density at radius 1 is 1.47 bits per heavy atom. The van der Waals surface area contributed by atoms with Crippen molar-refractivity contribution in [2.24, 2.45) is 5.73 Å². The fourth-order valence-electron chi connectivity index (χ4n) is 0.992. The van der Waals surface area contributed by atoms with Crippen molar-refractivity contribution in [3.05, 3.63) is 18.2 Å². The molecule has 82 valence electrons. The molecular formula is C10H14N2O3. The van der Waals surface area contributed by atoms with Gasteiger partial charge in [0.15, 0.2) is 6.10 Å². The average Bonchev–Trinajstić information content (AvgIpc) is 2.21. The number of carbonyl (C=O) groups is 1. The molecule has 15 heavy (non-hydrogen) atoms. The van der Waals surface area contributed by atoms with E-state index in [9.17, 15) is 4.79 Å². The van der Waals surface area contributed by atoms with Crippen molar-refractivity contribution in [1.29, 1.82) is 0 Å². The normalized spacial score (nSPS) is 11.9. The van der Waals surface area contributed by atoms with Crippen LogP contribution in [0.25, 0.3) is 0 Å². The molecule has 0 saturated heterocycles. The summed E-state index contributed by atoms with van der Waals surface area (Å²) >= 11 is 0. The van der Waals surface area contributed by atoms with Gasteiger partial charge in [-0.15, -0.1) is 0 Å². The molecule has 4 N–H and O–H groups in total. The van der Waals surface area contributed by atoms with E-state index >= 15 is 0 Å². The lowest BCUT2D eigenvalue weighted by Gasteiger charge is -2.13. The molecule has 0 bridgehead atoms. The molecule has 0 aromatic heterocycles. The second-order valence-corrected chi connectivity index (χ2v) is 3.07. The number of rotatable bonds is 4. The van der Waals surface area contributed by atoms with Crippen LogP contribution in [0.5, 0.6) is 11.5 Å². The smallest absolute Gasteiger partial charge is 0.258 e. The number of primary amides is 1. The van der Waals surface area contributed by atoms with E-state index in [0.29, 0.717) is 17.2 Å².